The number of hydrogen-bond acceptors (Lipinski definition) is 3. The molecule has 0 radical (unpaired) electrons. The van der Waals surface area contributed by atoms with Gasteiger partial charge in [0, 0.05) is 18.6 Å². The molecule has 19 heavy (non-hydrogen) atoms. The highest BCUT2D eigenvalue weighted by molar-refractivity contribution is 7.89. The molecule has 0 amide bonds. The van der Waals surface area contributed by atoms with Crippen LogP contribution in [-0.4, -0.2) is 37.4 Å². The smallest absolute Gasteiger partial charge is 0.336 e. The number of aromatic carboxylic acids is 1. The molecule has 0 fully saturated rings. The van der Waals surface area contributed by atoms with Gasteiger partial charge in [-0.1, -0.05) is 17.7 Å². The van der Waals surface area contributed by atoms with Crippen molar-refractivity contribution >= 4 is 27.6 Å². The van der Waals surface area contributed by atoms with Crippen molar-refractivity contribution in [2.45, 2.75) is 11.8 Å². The van der Waals surface area contributed by atoms with Crippen LogP contribution in [-0.2, 0) is 10.0 Å². The first-order valence-corrected chi connectivity index (χ1v) is 7.14. The van der Waals surface area contributed by atoms with Crippen molar-refractivity contribution < 1.29 is 18.3 Å². The van der Waals surface area contributed by atoms with Gasteiger partial charge in [0.05, 0.1) is 10.5 Å². The van der Waals surface area contributed by atoms with E-state index in [4.69, 9.17) is 16.7 Å². The first kappa shape index (κ1) is 15.7. The highest BCUT2D eigenvalue weighted by Crippen LogP contribution is 2.26. The Bertz CT molecular complexity index is 625. The average Bonchev–Trinajstić information content (AvgIpc) is 2.31. The van der Waals surface area contributed by atoms with Crippen molar-refractivity contribution in [2.24, 2.45) is 0 Å². The molecule has 0 saturated heterocycles. The summed E-state index contributed by atoms with van der Waals surface area (Å²) in [5.74, 6) is -1.22. The predicted octanol–water partition coefficient (Wildman–Crippen LogP) is 2.15. The van der Waals surface area contributed by atoms with Crippen LogP contribution in [0.4, 0.5) is 0 Å². The van der Waals surface area contributed by atoms with Crippen molar-refractivity contribution in [3.63, 3.8) is 0 Å². The Kier molecular flexibility index (Phi) is 4.73. The molecule has 0 aliphatic carbocycles. The molecule has 0 unspecified atom stereocenters. The molecule has 0 aliphatic rings. The summed E-state index contributed by atoms with van der Waals surface area (Å²) in [6, 6.07) is 2.48. The van der Waals surface area contributed by atoms with Gasteiger partial charge in [0.15, 0.2) is 0 Å². The van der Waals surface area contributed by atoms with Gasteiger partial charge in [-0.2, -0.15) is 4.31 Å². The number of carbonyl (C=O) groups is 1. The van der Waals surface area contributed by atoms with Crippen LogP contribution in [0.1, 0.15) is 15.9 Å². The Morgan fingerprint density at radius 2 is 2.11 bits per heavy atom. The summed E-state index contributed by atoms with van der Waals surface area (Å²) in [5.41, 5.74) is 0.0332. The van der Waals surface area contributed by atoms with Gasteiger partial charge in [-0.25, -0.2) is 13.2 Å². The molecule has 1 N–H and O–H groups in total. The summed E-state index contributed by atoms with van der Waals surface area (Å²) in [6.07, 6.45) is 1.44. The van der Waals surface area contributed by atoms with E-state index < -0.39 is 16.0 Å². The van der Waals surface area contributed by atoms with Crippen molar-refractivity contribution in [1.29, 1.82) is 0 Å². The Morgan fingerprint density at radius 3 is 2.58 bits per heavy atom. The zero-order valence-electron chi connectivity index (χ0n) is 10.6. The molecule has 1 aromatic carbocycles. The molecule has 1 rings (SSSR count). The number of rotatable bonds is 5. The number of hydrogen-bond donors (Lipinski definition) is 1. The van der Waals surface area contributed by atoms with E-state index in [1.807, 2.05) is 0 Å². The fraction of sp³-hybridized carbons (Fsp3) is 0.250. The third-order valence-electron chi connectivity index (χ3n) is 2.63. The maximum absolute atomic E-state index is 12.3. The SMILES string of the molecule is C=CCN(C)S(=O)(=O)c1cc(Cl)cc(C(=O)O)c1C. The van der Waals surface area contributed by atoms with E-state index in [1.54, 1.807) is 0 Å². The molecule has 0 atom stereocenters. The molecule has 0 bridgehead atoms. The molecular formula is C12H14ClNO4S. The molecule has 104 valence electrons. The van der Waals surface area contributed by atoms with Crippen molar-refractivity contribution in [1.82, 2.24) is 4.31 Å². The van der Waals surface area contributed by atoms with Gasteiger partial charge in [-0.05, 0) is 24.6 Å². The third kappa shape index (κ3) is 3.15. The van der Waals surface area contributed by atoms with Crippen LogP contribution < -0.4 is 0 Å². The first-order valence-electron chi connectivity index (χ1n) is 5.32. The topological polar surface area (TPSA) is 74.7 Å². The van der Waals surface area contributed by atoms with Gasteiger partial charge >= 0.3 is 5.97 Å². The van der Waals surface area contributed by atoms with Crippen LogP contribution in [0, 0.1) is 6.92 Å². The summed E-state index contributed by atoms with van der Waals surface area (Å²) in [5, 5.41) is 9.10. The molecule has 0 saturated carbocycles. The Morgan fingerprint density at radius 1 is 1.53 bits per heavy atom. The molecule has 0 heterocycles. The van der Waals surface area contributed by atoms with E-state index in [0.717, 1.165) is 4.31 Å². The van der Waals surface area contributed by atoms with Crippen LogP contribution in [0.15, 0.2) is 29.7 Å². The maximum atomic E-state index is 12.3. The summed E-state index contributed by atoms with van der Waals surface area (Å²) < 4.78 is 25.7. The molecule has 0 spiro atoms. The van der Waals surface area contributed by atoms with Gasteiger partial charge in [-0.15, -0.1) is 6.58 Å². The number of benzene rings is 1. The van der Waals surface area contributed by atoms with Gasteiger partial charge in [0.1, 0.15) is 0 Å². The number of carboxylic acids is 1. The van der Waals surface area contributed by atoms with Crippen LogP contribution in [0.25, 0.3) is 0 Å². The van der Waals surface area contributed by atoms with Gasteiger partial charge in [-0.3, -0.25) is 0 Å². The average molecular weight is 304 g/mol. The fourth-order valence-electron chi connectivity index (χ4n) is 1.59. The summed E-state index contributed by atoms with van der Waals surface area (Å²) in [4.78, 5) is 11.0. The second-order valence-corrected chi connectivity index (χ2v) is 6.41. The molecule has 0 aromatic heterocycles. The second kappa shape index (κ2) is 5.73. The van der Waals surface area contributed by atoms with Crippen molar-refractivity contribution in [2.75, 3.05) is 13.6 Å². The number of sulfonamides is 1. The molecule has 5 nitrogen and oxygen atoms in total. The predicted molar refractivity (Wildman–Crippen MR) is 73.2 cm³/mol. The van der Waals surface area contributed by atoms with E-state index in [1.165, 1.54) is 32.2 Å². The highest BCUT2D eigenvalue weighted by atomic mass is 35.5. The van der Waals surface area contributed by atoms with E-state index >= 15 is 0 Å². The van der Waals surface area contributed by atoms with Crippen LogP contribution >= 0.6 is 11.6 Å². The Labute approximate surface area is 117 Å². The zero-order chi connectivity index (χ0) is 14.8. The lowest BCUT2D eigenvalue weighted by molar-refractivity contribution is 0.0696. The van der Waals surface area contributed by atoms with Crippen LogP contribution in [0.2, 0.25) is 5.02 Å². The monoisotopic (exact) mass is 303 g/mol. The summed E-state index contributed by atoms with van der Waals surface area (Å²) >= 11 is 5.79. The van der Waals surface area contributed by atoms with E-state index in [-0.39, 0.29) is 27.6 Å². The Hall–Kier alpha value is -1.37. The summed E-state index contributed by atoms with van der Waals surface area (Å²) in [7, 11) is -2.41. The molecule has 7 heteroatoms. The lowest BCUT2D eigenvalue weighted by atomic mass is 10.1. The number of nitrogens with zero attached hydrogens (tertiary/aromatic N) is 1. The molecular weight excluding hydrogens is 290 g/mol. The minimum atomic E-state index is -3.80. The van der Waals surface area contributed by atoms with E-state index in [0.29, 0.717) is 0 Å². The molecule has 0 aliphatic heterocycles. The van der Waals surface area contributed by atoms with Gasteiger partial charge in [0.2, 0.25) is 10.0 Å². The van der Waals surface area contributed by atoms with Crippen LogP contribution in [0.3, 0.4) is 0 Å². The number of likely N-dealkylation sites (N-methyl/N-ethyl adjacent to an activating group) is 1. The van der Waals surface area contributed by atoms with Crippen LogP contribution in [0.5, 0.6) is 0 Å². The van der Waals surface area contributed by atoms with Crippen molar-refractivity contribution in [3.05, 3.63) is 40.9 Å². The van der Waals surface area contributed by atoms with Gasteiger partial charge in [0.25, 0.3) is 0 Å². The van der Waals surface area contributed by atoms with E-state index in [9.17, 15) is 13.2 Å². The standard InChI is InChI=1S/C12H14ClNO4S/c1-4-5-14(3)19(17,18)11-7-9(13)6-10(8(11)2)12(15)16/h4,6-7H,1,5H2,2-3H3,(H,15,16). The minimum Gasteiger partial charge on any atom is -0.478 e. The van der Waals surface area contributed by atoms with Gasteiger partial charge < -0.3 is 5.11 Å². The fourth-order valence-corrected chi connectivity index (χ4v) is 3.29. The largest absolute Gasteiger partial charge is 0.478 e. The highest BCUT2D eigenvalue weighted by Gasteiger charge is 2.25. The van der Waals surface area contributed by atoms with E-state index in [2.05, 4.69) is 6.58 Å². The second-order valence-electron chi connectivity index (χ2n) is 3.96. The normalized spacial score (nSPS) is 11.6. The summed E-state index contributed by atoms with van der Waals surface area (Å²) in [6.45, 7) is 5.03. The maximum Gasteiger partial charge on any atom is 0.336 e. The molecule has 1 aromatic rings. The Balaban J connectivity index is 3.51. The quantitative estimate of drug-likeness (QED) is 0.846. The third-order valence-corrected chi connectivity index (χ3v) is 4.80. The lowest BCUT2D eigenvalue weighted by Gasteiger charge is -2.18. The lowest BCUT2D eigenvalue weighted by Crippen LogP contribution is -2.28. The first-order chi connectivity index (χ1) is 8.71. The van der Waals surface area contributed by atoms with Crippen molar-refractivity contribution in [3.8, 4) is 0 Å². The zero-order valence-corrected chi connectivity index (χ0v) is 12.1. The number of halogens is 1. The number of carboxylic acid groups (broad SMARTS) is 1. The minimum absolute atomic E-state index is 0.0635.